The van der Waals surface area contributed by atoms with Crippen LogP contribution in [0.5, 0.6) is 0 Å². The van der Waals surface area contributed by atoms with Crippen molar-refractivity contribution in [1.82, 2.24) is 10.2 Å². The Kier molecular flexibility index (Phi) is 6.40. The molecule has 0 saturated carbocycles. The zero-order chi connectivity index (χ0) is 15.2. The van der Waals surface area contributed by atoms with Gasteiger partial charge in [-0.2, -0.15) is 0 Å². The molecule has 6 heteroatoms. The van der Waals surface area contributed by atoms with Gasteiger partial charge in [-0.1, -0.05) is 36.5 Å². The van der Waals surface area contributed by atoms with E-state index < -0.39 is 0 Å². The monoisotopic (exact) mass is 345 g/mol. The average molecular weight is 346 g/mol. The first-order valence-electron chi connectivity index (χ1n) is 7.34. The molecule has 1 aromatic carbocycles. The minimum Gasteiger partial charge on any atom is -0.368 e. The van der Waals surface area contributed by atoms with Crippen LogP contribution in [0.1, 0.15) is 19.8 Å². The first-order valence-corrected chi connectivity index (χ1v) is 8.51. The van der Waals surface area contributed by atoms with Gasteiger partial charge in [0.05, 0.1) is 10.0 Å². The van der Waals surface area contributed by atoms with Gasteiger partial charge in [0.25, 0.3) is 0 Å². The number of anilines is 1. The van der Waals surface area contributed by atoms with Crippen LogP contribution in [0.25, 0.3) is 0 Å². The fourth-order valence-corrected chi connectivity index (χ4v) is 2.91. The third kappa shape index (κ3) is 4.63. The van der Waals surface area contributed by atoms with Crippen LogP contribution in [-0.4, -0.2) is 42.7 Å². The molecule has 1 N–H and O–H groups in total. The number of nitrogens with zero attached hydrogens (tertiary/aromatic N) is 2. The molecule has 1 aromatic rings. The second kappa shape index (κ2) is 8.06. The fourth-order valence-electron chi connectivity index (χ4n) is 2.33. The first kappa shape index (κ1) is 16.7. The SMILES string of the molecule is CCCCNC(=S)N1CCN(c2ccc(Cl)c(Cl)c2)CC1. The van der Waals surface area contributed by atoms with E-state index in [2.05, 4.69) is 22.0 Å². The van der Waals surface area contributed by atoms with Gasteiger partial charge < -0.3 is 15.1 Å². The van der Waals surface area contributed by atoms with Crippen LogP contribution < -0.4 is 10.2 Å². The summed E-state index contributed by atoms with van der Waals surface area (Å²) < 4.78 is 0. The van der Waals surface area contributed by atoms with Gasteiger partial charge in [-0.15, -0.1) is 0 Å². The molecule has 0 unspecified atom stereocenters. The van der Waals surface area contributed by atoms with Gasteiger partial charge in [0, 0.05) is 38.4 Å². The fraction of sp³-hybridized carbons (Fsp3) is 0.533. The van der Waals surface area contributed by atoms with Crippen molar-refractivity contribution in [3.05, 3.63) is 28.2 Å². The molecule has 1 aliphatic heterocycles. The van der Waals surface area contributed by atoms with Gasteiger partial charge in [0.15, 0.2) is 5.11 Å². The van der Waals surface area contributed by atoms with E-state index in [0.29, 0.717) is 10.0 Å². The Morgan fingerprint density at radius 3 is 2.52 bits per heavy atom. The number of halogens is 2. The normalized spacial score (nSPS) is 15.2. The summed E-state index contributed by atoms with van der Waals surface area (Å²) in [6, 6.07) is 5.79. The van der Waals surface area contributed by atoms with Crippen LogP contribution >= 0.6 is 35.4 Å². The van der Waals surface area contributed by atoms with Gasteiger partial charge in [-0.25, -0.2) is 0 Å². The Labute approximate surface area is 142 Å². The number of piperazine rings is 1. The van der Waals surface area contributed by atoms with E-state index in [1.807, 2.05) is 18.2 Å². The van der Waals surface area contributed by atoms with Crippen LogP contribution in [0.2, 0.25) is 10.0 Å². The molecule has 21 heavy (non-hydrogen) atoms. The van der Waals surface area contributed by atoms with E-state index in [4.69, 9.17) is 35.4 Å². The number of rotatable bonds is 4. The highest BCUT2D eigenvalue weighted by Crippen LogP contribution is 2.27. The van der Waals surface area contributed by atoms with Gasteiger partial charge in [0.1, 0.15) is 0 Å². The van der Waals surface area contributed by atoms with Gasteiger partial charge >= 0.3 is 0 Å². The maximum Gasteiger partial charge on any atom is 0.169 e. The first-order chi connectivity index (χ1) is 10.1. The minimum atomic E-state index is 0.598. The highest BCUT2D eigenvalue weighted by molar-refractivity contribution is 7.80. The summed E-state index contributed by atoms with van der Waals surface area (Å²) in [4.78, 5) is 4.55. The molecule has 3 nitrogen and oxygen atoms in total. The summed E-state index contributed by atoms with van der Waals surface area (Å²) in [5.74, 6) is 0. The van der Waals surface area contributed by atoms with Crippen LogP contribution in [0, 0.1) is 0 Å². The lowest BCUT2D eigenvalue weighted by atomic mass is 10.2. The van der Waals surface area contributed by atoms with Crippen molar-refractivity contribution < 1.29 is 0 Å². The van der Waals surface area contributed by atoms with E-state index in [9.17, 15) is 0 Å². The summed E-state index contributed by atoms with van der Waals surface area (Å²) in [6.45, 7) is 6.88. The van der Waals surface area contributed by atoms with E-state index in [0.717, 1.165) is 49.9 Å². The van der Waals surface area contributed by atoms with Crippen molar-refractivity contribution in [3.8, 4) is 0 Å². The standard InChI is InChI=1S/C15H21Cl2N3S/c1-2-3-6-18-15(21)20-9-7-19(8-10-20)12-4-5-13(16)14(17)11-12/h4-5,11H,2-3,6-10H2,1H3,(H,18,21). The predicted octanol–water partition coefficient (Wildman–Crippen LogP) is 3.79. The minimum absolute atomic E-state index is 0.598. The largest absolute Gasteiger partial charge is 0.368 e. The lowest BCUT2D eigenvalue weighted by molar-refractivity contribution is 0.380. The van der Waals surface area contributed by atoms with Crippen LogP contribution in [0.15, 0.2) is 18.2 Å². The van der Waals surface area contributed by atoms with Crippen LogP contribution in [0.4, 0.5) is 5.69 Å². The third-order valence-electron chi connectivity index (χ3n) is 3.64. The van der Waals surface area contributed by atoms with E-state index in [-0.39, 0.29) is 0 Å². The molecule has 0 radical (unpaired) electrons. The maximum atomic E-state index is 6.08. The molecule has 1 aliphatic rings. The molecule has 0 spiro atoms. The highest BCUT2D eigenvalue weighted by Gasteiger charge is 2.19. The second-order valence-electron chi connectivity index (χ2n) is 5.16. The molecule has 0 aliphatic carbocycles. The van der Waals surface area contributed by atoms with E-state index in [1.54, 1.807) is 0 Å². The number of nitrogens with one attached hydrogen (secondary N) is 1. The van der Waals surface area contributed by atoms with Crippen LogP contribution in [0.3, 0.4) is 0 Å². The Morgan fingerprint density at radius 2 is 1.90 bits per heavy atom. The van der Waals surface area contributed by atoms with Crippen molar-refractivity contribution in [2.45, 2.75) is 19.8 Å². The Morgan fingerprint density at radius 1 is 1.19 bits per heavy atom. The number of thiocarbonyl (C=S) groups is 1. The molecule has 116 valence electrons. The number of hydrogen-bond acceptors (Lipinski definition) is 2. The molecule has 1 fully saturated rings. The molecule has 1 saturated heterocycles. The average Bonchev–Trinajstić information content (AvgIpc) is 2.50. The molecule has 0 aromatic heterocycles. The van der Waals surface area contributed by atoms with Crippen molar-refractivity contribution >= 4 is 46.2 Å². The molecule has 0 bridgehead atoms. The van der Waals surface area contributed by atoms with Crippen LogP contribution in [-0.2, 0) is 0 Å². The second-order valence-corrected chi connectivity index (χ2v) is 6.36. The smallest absolute Gasteiger partial charge is 0.169 e. The number of benzene rings is 1. The number of unbranched alkanes of at least 4 members (excludes halogenated alkanes) is 1. The van der Waals surface area contributed by atoms with E-state index >= 15 is 0 Å². The Balaban J connectivity index is 1.85. The lowest BCUT2D eigenvalue weighted by Crippen LogP contribution is -2.51. The predicted molar refractivity (Wildman–Crippen MR) is 95.8 cm³/mol. The number of hydrogen-bond donors (Lipinski definition) is 1. The van der Waals surface area contributed by atoms with Gasteiger partial charge in [-0.3, -0.25) is 0 Å². The zero-order valence-electron chi connectivity index (χ0n) is 12.2. The molecule has 1 heterocycles. The summed E-state index contributed by atoms with van der Waals surface area (Å²) >= 11 is 17.5. The summed E-state index contributed by atoms with van der Waals surface area (Å²) in [5.41, 5.74) is 1.12. The van der Waals surface area contributed by atoms with Gasteiger partial charge in [0.2, 0.25) is 0 Å². The molecular formula is C15H21Cl2N3S. The molecular weight excluding hydrogens is 325 g/mol. The summed E-state index contributed by atoms with van der Waals surface area (Å²) in [7, 11) is 0. The lowest BCUT2D eigenvalue weighted by Gasteiger charge is -2.37. The Hall–Kier alpha value is -0.710. The molecule has 2 rings (SSSR count). The van der Waals surface area contributed by atoms with Gasteiger partial charge in [-0.05, 0) is 36.8 Å². The summed E-state index contributed by atoms with van der Waals surface area (Å²) in [5, 5.41) is 5.40. The van der Waals surface area contributed by atoms with Crippen molar-refractivity contribution in [1.29, 1.82) is 0 Å². The highest BCUT2D eigenvalue weighted by atomic mass is 35.5. The molecule has 0 atom stereocenters. The zero-order valence-corrected chi connectivity index (χ0v) is 14.6. The quantitative estimate of drug-likeness (QED) is 0.660. The maximum absolute atomic E-state index is 6.08. The van der Waals surface area contributed by atoms with Crippen molar-refractivity contribution in [2.75, 3.05) is 37.6 Å². The third-order valence-corrected chi connectivity index (χ3v) is 4.78. The van der Waals surface area contributed by atoms with E-state index in [1.165, 1.54) is 6.42 Å². The van der Waals surface area contributed by atoms with Crippen molar-refractivity contribution in [2.24, 2.45) is 0 Å². The van der Waals surface area contributed by atoms with Crippen molar-refractivity contribution in [3.63, 3.8) is 0 Å². The topological polar surface area (TPSA) is 18.5 Å². The Bertz CT molecular complexity index is 488. The molecule has 0 amide bonds. The summed E-state index contributed by atoms with van der Waals surface area (Å²) in [6.07, 6.45) is 2.34.